The molecule has 1 nitrogen and oxygen atoms in total. The second kappa shape index (κ2) is 5.97. The number of hydrogen-bond acceptors (Lipinski definition) is 2. The summed E-state index contributed by atoms with van der Waals surface area (Å²) in [6, 6.07) is 8.18. The first kappa shape index (κ1) is 13.7. The first-order valence-electron chi connectivity index (χ1n) is 6.05. The number of thioether (sulfide) groups is 1. The molecule has 1 fully saturated rings. The van der Waals surface area contributed by atoms with E-state index in [9.17, 15) is 13.2 Å². The minimum Gasteiger partial charge on any atom is -0.312 e. The van der Waals surface area contributed by atoms with Gasteiger partial charge >= 0.3 is 5.51 Å². The number of rotatable bonds is 6. The lowest BCUT2D eigenvalue weighted by Gasteiger charge is -2.10. The molecular formula is C13H16F3NS. The highest BCUT2D eigenvalue weighted by atomic mass is 32.2. The van der Waals surface area contributed by atoms with Gasteiger partial charge in [0.05, 0.1) is 0 Å². The van der Waals surface area contributed by atoms with E-state index in [1.54, 1.807) is 0 Å². The zero-order valence-electron chi connectivity index (χ0n) is 9.96. The van der Waals surface area contributed by atoms with E-state index in [0.29, 0.717) is 19.0 Å². The largest absolute Gasteiger partial charge is 0.441 e. The third kappa shape index (κ3) is 4.53. The SMILES string of the molecule is FC(F)(F)SCCNCc1ccccc1C1CC1. The lowest BCUT2D eigenvalue weighted by molar-refractivity contribution is -0.0327. The lowest BCUT2D eigenvalue weighted by Crippen LogP contribution is -2.19. The molecule has 1 aliphatic carbocycles. The third-order valence-corrected chi connectivity index (χ3v) is 3.67. The van der Waals surface area contributed by atoms with Crippen LogP contribution in [0.5, 0.6) is 0 Å². The van der Waals surface area contributed by atoms with Gasteiger partial charge in [0.2, 0.25) is 0 Å². The van der Waals surface area contributed by atoms with E-state index in [4.69, 9.17) is 0 Å². The minimum absolute atomic E-state index is 0.0291. The maximum Gasteiger partial charge on any atom is 0.441 e. The van der Waals surface area contributed by atoms with Crippen LogP contribution in [0.15, 0.2) is 24.3 Å². The summed E-state index contributed by atoms with van der Waals surface area (Å²) < 4.78 is 35.8. The molecule has 0 aromatic heterocycles. The lowest BCUT2D eigenvalue weighted by atomic mass is 10.0. The smallest absolute Gasteiger partial charge is 0.312 e. The Bertz CT molecular complexity index is 388. The van der Waals surface area contributed by atoms with E-state index in [1.165, 1.54) is 24.0 Å². The van der Waals surface area contributed by atoms with Gasteiger partial charge in [0, 0.05) is 18.8 Å². The van der Waals surface area contributed by atoms with Crippen LogP contribution in [0.2, 0.25) is 0 Å². The molecule has 18 heavy (non-hydrogen) atoms. The van der Waals surface area contributed by atoms with E-state index < -0.39 is 5.51 Å². The molecule has 0 amide bonds. The molecule has 0 heterocycles. The van der Waals surface area contributed by atoms with Crippen LogP contribution in [0.25, 0.3) is 0 Å². The molecule has 100 valence electrons. The summed E-state index contributed by atoms with van der Waals surface area (Å²) in [6.07, 6.45) is 2.47. The van der Waals surface area contributed by atoms with Gasteiger partial charge in [0.25, 0.3) is 0 Å². The molecule has 1 N–H and O–H groups in total. The average Bonchev–Trinajstić information content (AvgIpc) is 3.11. The summed E-state index contributed by atoms with van der Waals surface area (Å²) in [5.41, 5.74) is -1.54. The van der Waals surface area contributed by atoms with Crippen molar-refractivity contribution in [2.75, 3.05) is 12.3 Å². The van der Waals surface area contributed by atoms with Gasteiger partial charge < -0.3 is 5.32 Å². The Labute approximate surface area is 109 Å². The molecule has 0 radical (unpaired) electrons. The molecule has 0 aliphatic heterocycles. The molecule has 1 aromatic rings. The summed E-state index contributed by atoms with van der Waals surface area (Å²) >= 11 is 0.0291. The Kier molecular flexibility index (Phi) is 4.56. The van der Waals surface area contributed by atoms with Gasteiger partial charge in [-0.15, -0.1) is 0 Å². The number of hydrogen-bond donors (Lipinski definition) is 1. The van der Waals surface area contributed by atoms with Crippen LogP contribution in [0.1, 0.15) is 29.9 Å². The Balaban J connectivity index is 1.73. The van der Waals surface area contributed by atoms with Gasteiger partial charge in [-0.1, -0.05) is 24.3 Å². The Morgan fingerprint density at radius 1 is 1.22 bits per heavy atom. The molecular weight excluding hydrogens is 259 g/mol. The van der Waals surface area contributed by atoms with Crippen molar-refractivity contribution in [2.45, 2.75) is 30.8 Å². The predicted molar refractivity (Wildman–Crippen MR) is 68.6 cm³/mol. The highest BCUT2D eigenvalue weighted by molar-refractivity contribution is 8.00. The van der Waals surface area contributed by atoms with Crippen LogP contribution < -0.4 is 5.32 Å². The van der Waals surface area contributed by atoms with Crippen LogP contribution in [0.3, 0.4) is 0 Å². The number of benzene rings is 1. The van der Waals surface area contributed by atoms with Crippen LogP contribution >= 0.6 is 11.8 Å². The highest BCUT2D eigenvalue weighted by Crippen LogP contribution is 2.41. The fourth-order valence-corrected chi connectivity index (χ4v) is 2.43. The number of nitrogens with one attached hydrogen (secondary N) is 1. The molecule has 0 saturated heterocycles. The average molecular weight is 275 g/mol. The van der Waals surface area contributed by atoms with E-state index in [1.807, 2.05) is 12.1 Å². The standard InChI is InChI=1S/C13H16F3NS/c14-13(15,16)18-8-7-17-9-11-3-1-2-4-12(11)10-5-6-10/h1-4,10,17H,5-9H2. The summed E-state index contributed by atoms with van der Waals surface area (Å²) in [6.45, 7) is 1.04. The van der Waals surface area contributed by atoms with Crippen molar-refractivity contribution in [3.8, 4) is 0 Å². The number of alkyl halides is 3. The number of halogens is 3. The minimum atomic E-state index is -4.12. The van der Waals surface area contributed by atoms with Crippen LogP contribution in [0, 0.1) is 0 Å². The molecule has 0 atom stereocenters. The molecule has 0 spiro atoms. The molecule has 5 heteroatoms. The second-order valence-electron chi connectivity index (χ2n) is 4.44. The van der Waals surface area contributed by atoms with E-state index in [2.05, 4.69) is 17.4 Å². The zero-order valence-corrected chi connectivity index (χ0v) is 10.8. The van der Waals surface area contributed by atoms with Gasteiger partial charge in [-0.25, -0.2) is 0 Å². The molecule has 1 aromatic carbocycles. The second-order valence-corrected chi connectivity index (χ2v) is 5.60. The van der Waals surface area contributed by atoms with Crippen molar-refractivity contribution in [1.82, 2.24) is 5.32 Å². The molecule has 0 unspecified atom stereocenters. The highest BCUT2D eigenvalue weighted by Gasteiger charge is 2.27. The van der Waals surface area contributed by atoms with Crippen molar-refractivity contribution >= 4 is 11.8 Å². The summed E-state index contributed by atoms with van der Waals surface area (Å²) in [4.78, 5) is 0. The Morgan fingerprint density at radius 2 is 1.94 bits per heavy atom. The van der Waals surface area contributed by atoms with E-state index in [-0.39, 0.29) is 17.5 Å². The zero-order chi connectivity index (χ0) is 13.0. The van der Waals surface area contributed by atoms with Crippen LogP contribution in [-0.4, -0.2) is 17.8 Å². The van der Waals surface area contributed by atoms with Gasteiger partial charge in [-0.2, -0.15) is 13.2 Å². The van der Waals surface area contributed by atoms with Gasteiger partial charge in [-0.05, 0) is 41.6 Å². The molecule has 0 bridgehead atoms. The Morgan fingerprint density at radius 3 is 2.61 bits per heavy atom. The monoisotopic (exact) mass is 275 g/mol. The Hall–Kier alpha value is -0.680. The molecule has 2 rings (SSSR count). The first-order chi connectivity index (χ1) is 8.56. The molecule has 1 saturated carbocycles. The van der Waals surface area contributed by atoms with Crippen LogP contribution in [0.4, 0.5) is 13.2 Å². The topological polar surface area (TPSA) is 12.0 Å². The van der Waals surface area contributed by atoms with Gasteiger partial charge in [0.1, 0.15) is 0 Å². The van der Waals surface area contributed by atoms with Gasteiger partial charge in [0.15, 0.2) is 0 Å². The van der Waals surface area contributed by atoms with Crippen molar-refractivity contribution < 1.29 is 13.2 Å². The van der Waals surface area contributed by atoms with Crippen molar-refractivity contribution in [3.05, 3.63) is 35.4 Å². The fraction of sp³-hybridized carbons (Fsp3) is 0.538. The van der Waals surface area contributed by atoms with Crippen molar-refractivity contribution in [2.24, 2.45) is 0 Å². The van der Waals surface area contributed by atoms with E-state index >= 15 is 0 Å². The fourth-order valence-electron chi connectivity index (χ4n) is 1.95. The van der Waals surface area contributed by atoms with Crippen molar-refractivity contribution in [3.63, 3.8) is 0 Å². The summed E-state index contributed by atoms with van der Waals surface area (Å²) in [5, 5.41) is 3.08. The quantitative estimate of drug-likeness (QED) is 0.790. The maximum absolute atomic E-state index is 11.9. The molecule has 1 aliphatic rings. The third-order valence-electron chi connectivity index (χ3n) is 2.93. The normalized spacial score (nSPS) is 15.9. The van der Waals surface area contributed by atoms with Gasteiger partial charge in [-0.3, -0.25) is 0 Å². The van der Waals surface area contributed by atoms with Crippen molar-refractivity contribution in [1.29, 1.82) is 0 Å². The van der Waals surface area contributed by atoms with Crippen LogP contribution in [-0.2, 0) is 6.54 Å². The summed E-state index contributed by atoms with van der Waals surface area (Å²) in [5.74, 6) is 0.738. The summed E-state index contributed by atoms with van der Waals surface area (Å²) in [7, 11) is 0. The first-order valence-corrected chi connectivity index (χ1v) is 7.04. The maximum atomic E-state index is 11.9. The predicted octanol–water partition coefficient (Wildman–Crippen LogP) is 3.91. The van der Waals surface area contributed by atoms with E-state index in [0.717, 1.165) is 0 Å².